The zero-order valence-corrected chi connectivity index (χ0v) is 23.1. The predicted molar refractivity (Wildman–Crippen MR) is 152 cm³/mol. The summed E-state index contributed by atoms with van der Waals surface area (Å²) in [4.78, 5) is 13.2. The summed E-state index contributed by atoms with van der Waals surface area (Å²) in [6.45, 7) is 5.57. The Kier molecular flexibility index (Phi) is 6.34. The Morgan fingerprint density at radius 2 is 1.42 bits per heavy atom. The minimum Gasteiger partial charge on any atom is -0.322 e. The smallest absolute Gasteiger partial charge is 0.262 e. The number of amides is 1. The van der Waals surface area contributed by atoms with Gasteiger partial charge in [0, 0.05) is 11.3 Å². The number of hydrogen-bond acceptors (Lipinski definition) is 3. The van der Waals surface area contributed by atoms with E-state index >= 15 is 0 Å². The molecular formula is C32H36N2O3S. The van der Waals surface area contributed by atoms with Gasteiger partial charge in [-0.3, -0.25) is 9.52 Å². The number of benzene rings is 3. The zero-order chi connectivity index (χ0) is 26.6. The maximum Gasteiger partial charge on any atom is 0.262 e. The van der Waals surface area contributed by atoms with Crippen LogP contribution in [-0.4, -0.2) is 14.3 Å². The molecule has 3 aromatic rings. The minimum absolute atomic E-state index is 0.0994. The summed E-state index contributed by atoms with van der Waals surface area (Å²) in [7, 11) is -3.86. The van der Waals surface area contributed by atoms with E-state index in [1.807, 2.05) is 38.1 Å². The molecular weight excluding hydrogens is 492 g/mol. The zero-order valence-electron chi connectivity index (χ0n) is 22.3. The number of aryl methyl sites for hydroxylation is 3. The van der Waals surface area contributed by atoms with Gasteiger partial charge in [-0.15, -0.1) is 0 Å². The summed E-state index contributed by atoms with van der Waals surface area (Å²) in [5.74, 6) is 3.87. The average molecular weight is 529 g/mol. The van der Waals surface area contributed by atoms with Gasteiger partial charge in [-0.25, -0.2) is 8.42 Å². The molecule has 0 atom stereocenters. The number of hydrogen-bond donors (Lipinski definition) is 2. The molecule has 4 bridgehead atoms. The molecule has 0 radical (unpaired) electrons. The van der Waals surface area contributed by atoms with Gasteiger partial charge in [0.1, 0.15) is 0 Å². The van der Waals surface area contributed by atoms with Crippen molar-refractivity contribution >= 4 is 27.3 Å². The summed E-state index contributed by atoms with van der Waals surface area (Å²) < 4.78 is 29.2. The first-order valence-electron chi connectivity index (χ1n) is 13.8. The van der Waals surface area contributed by atoms with Crippen LogP contribution in [0.1, 0.15) is 70.6 Å². The fourth-order valence-electron chi connectivity index (χ4n) is 7.62. The maximum atomic E-state index is 13.2. The number of carbonyl (C=O) groups is 1. The van der Waals surface area contributed by atoms with Crippen molar-refractivity contribution in [1.29, 1.82) is 0 Å². The quantitative estimate of drug-likeness (QED) is 0.355. The van der Waals surface area contributed by atoms with Crippen molar-refractivity contribution in [1.82, 2.24) is 0 Å². The van der Waals surface area contributed by atoms with Gasteiger partial charge in [-0.05, 0) is 129 Å². The number of anilines is 2. The number of rotatable bonds is 6. The van der Waals surface area contributed by atoms with E-state index in [-0.39, 0.29) is 10.8 Å². The summed E-state index contributed by atoms with van der Waals surface area (Å²) >= 11 is 0. The van der Waals surface area contributed by atoms with Crippen LogP contribution in [0.25, 0.3) is 0 Å². The lowest BCUT2D eigenvalue weighted by Gasteiger charge is -2.54. The topological polar surface area (TPSA) is 75.3 Å². The van der Waals surface area contributed by atoms with Crippen LogP contribution in [-0.2, 0) is 10.0 Å². The molecule has 4 saturated carbocycles. The van der Waals surface area contributed by atoms with E-state index in [1.165, 1.54) is 43.7 Å². The maximum absolute atomic E-state index is 13.2. The van der Waals surface area contributed by atoms with Crippen molar-refractivity contribution in [2.75, 3.05) is 10.0 Å². The number of nitrogens with one attached hydrogen (secondary N) is 2. The molecule has 0 spiro atoms. The van der Waals surface area contributed by atoms with E-state index in [1.54, 1.807) is 25.1 Å². The van der Waals surface area contributed by atoms with Gasteiger partial charge >= 0.3 is 0 Å². The highest BCUT2D eigenvalue weighted by molar-refractivity contribution is 7.92. The third-order valence-electron chi connectivity index (χ3n) is 9.15. The molecule has 6 heteroatoms. The van der Waals surface area contributed by atoms with Crippen molar-refractivity contribution in [2.24, 2.45) is 23.7 Å². The van der Waals surface area contributed by atoms with Gasteiger partial charge in [0.15, 0.2) is 0 Å². The Labute approximate surface area is 226 Å². The molecule has 4 aliphatic carbocycles. The molecule has 0 unspecified atom stereocenters. The van der Waals surface area contributed by atoms with Gasteiger partial charge in [0.05, 0.1) is 10.6 Å². The third-order valence-corrected chi connectivity index (χ3v) is 10.7. The van der Waals surface area contributed by atoms with E-state index in [0.29, 0.717) is 22.7 Å². The van der Waals surface area contributed by atoms with Crippen LogP contribution < -0.4 is 10.0 Å². The summed E-state index contributed by atoms with van der Waals surface area (Å²) in [5, 5.41) is 2.96. The van der Waals surface area contributed by atoms with Gasteiger partial charge in [0.2, 0.25) is 0 Å². The molecule has 198 valence electrons. The van der Waals surface area contributed by atoms with Crippen LogP contribution in [0.2, 0.25) is 0 Å². The normalized spacial score (nSPS) is 25.8. The second-order valence-corrected chi connectivity index (χ2v) is 13.6. The van der Waals surface area contributed by atoms with Crippen LogP contribution in [0.4, 0.5) is 11.4 Å². The molecule has 1 amide bonds. The first kappa shape index (κ1) is 25.2. The lowest BCUT2D eigenvalue weighted by Crippen LogP contribution is -2.43. The largest absolute Gasteiger partial charge is 0.322 e. The Morgan fingerprint density at radius 3 is 2.05 bits per heavy atom. The fourth-order valence-corrected chi connectivity index (χ4v) is 9.02. The van der Waals surface area contributed by atoms with Crippen LogP contribution >= 0.6 is 0 Å². The monoisotopic (exact) mass is 528 g/mol. The van der Waals surface area contributed by atoms with Gasteiger partial charge in [-0.2, -0.15) is 0 Å². The van der Waals surface area contributed by atoms with E-state index in [4.69, 9.17) is 0 Å². The van der Waals surface area contributed by atoms with Crippen LogP contribution in [0.15, 0.2) is 65.6 Å². The molecule has 2 N–H and O–H groups in total. The fraction of sp³-hybridized carbons (Fsp3) is 0.406. The molecule has 4 aliphatic rings. The second-order valence-electron chi connectivity index (χ2n) is 11.9. The lowest BCUT2D eigenvalue weighted by molar-refractivity contribution is -0.00277. The van der Waals surface area contributed by atoms with Crippen molar-refractivity contribution in [2.45, 2.75) is 63.7 Å². The average Bonchev–Trinajstić information content (AvgIpc) is 2.86. The summed E-state index contributed by atoms with van der Waals surface area (Å²) in [5.41, 5.74) is 5.45. The molecule has 7 rings (SSSR count). The van der Waals surface area contributed by atoms with Crippen molar-refractivity contribution in [3.05, 3.63) is 88.5 Å². The minimum atomic E-state index is -3.86. The van der Waals surface area contributed by atoms with E-state index in [2.05, 4.69) is 22.2 Å². The molecule has 0 saturated heterocycles. The van der Waals surface area contributed by atoms with Gasteiger partial charge in [0.25, 0.3) is 15.9 Å². The molecule has 3 aromatic carbocycles. The lowest BCUT2D eigenvalue weighted by atomic mass is 9.51. The van der Waals surface area contributed by atoms with E-state index in [0.717, 1.165) is 40.5 Å². The van der Waals surface area contributed by atoms with Gasteiger partial charge in [-0.1, -0.05) is 35.9 Å². The standard InChI is InChI=1S/C32H36N2O3S/c1-19-4-11-29(21(3)12-19)34-38(36,37)30-18-25(6-5-20(30)2)32(35)33-28-9-7-24(8-10-28)31-26-14-22-13-23(16-26)17-27(31)15-22/h4-12,18,22-23,26-27,31,34H,13-17H2,1-3H3,(H,33,35). The number of carbonyl (C=O) groups excluding carboxylic acids is 1. The highest BCUT2D eigenvalue weighted by Crippen LogP contribution is 2.59. The summed E-state index contributed by atoms with van der Waals surface area (Å²) in [6.07, 6.45) is 6.98. The van der Waals surface area contributed by atoms with E-state index < -0.39 is 10.0 Å². The third kappa shape index (κ3) is 4.75. The molecule has 5 nitrogen and oxygen atoms in total. The van der Waals surface area contributed by atoms with Crippen LogP contribution in [0, 0.1) is 44.4 Å². The van der Waals surface area contributed by atoms with E-state index in [9.17, 15) is 13.2 Å². The Hall–Kier alpha value is -3.12. The van der Waals surface area contributed by atoms with Crippen molar-refractivity contribution < 1.29 is 13.2 Å². The van der Waals surface area contributed by atoms with Crippen LogP contribution in [0.3, 0.4) is 0 Å². The van der Waals surface area contributed by atoms with Gasteiger partial charge < -0.3 is 5.32 Å². The van der Waals surface area contributed by atoms with Crippen molar-refractivity contribution in [3.8, 4) is 0 Å². The molecule has 0 heterocycles. The second kappa shape index (κ2) is 9.57. The SMILES string of the molecule is Cc1ccc(NS(=O)(=O)c2cc(C(=O)Nc3ccc(C4C5CC6CC(C5)CC4C6)cc3)ccc2C)c(C)c1. The molecule has 4 fully saturated rings. The Morgan fingerprint density at radius 1 is 0.763 bits per heavy atom. The Bertz CT molecular complexity index is 1470. The molecule has 38 heavy (non-hydrogen) atoms. The van der Waals surface area contributed by atoms with Crippen molar-refractivity contribution in [3.63, 3.8) is 0 Å². The first-order valence-corrected chi connectivity index (χ1v) is 15.3. The predicted octanol–water partition coefficient (Wildman–Crippen LogP) is 7.20. The highest BCUT2D eigenvalue weighted by Gasteiger charge is 2.48. The van der Waals surface area contributed by atoms with Crippen LogP contribution in [0.5, 0.6) is 0 Å². The first-order chi connectivity index (χ1) is 18.2. The highest BCUT2D eigenvalue weighted by atomic mass is 32.2. The molecule has 0 aromatic heterocycles. The summed E-state index contributed by atoms with van der Waals surface area (Å²) in [6, 6.07) is 18.7. The number of sulfonamides is 1. The molecule has 0 aliphatic heterocycles. The Balaban J connectivity index is 1.17.